The second-order valence-electron chi connectivity index (χ2n) is 6.89. The van der Waals surface area contributed by atoms with Gasteiger partial charge in [-0.1, -0.05) is 38.1 Å². The van der Waals surface area contributed by atoms with Crippen LogP contribution in [0.15, 0.2) is 47.6 Å². The smallest absolute Gasteiger partial charge is 0.344 e. The molecule has 1 N–H and O–H groups in total. The van der Waals surface area contributed by atoms with Crippen LogP contribution >= 0.6 is 0 Å². The van der Waals surface area contributed by atoms with Gasteiger partial charge in [-0.25, -0.2) is 10.2 Å². The van der Waals surface area contributed by atoms with E-state index in [4.69, 9.17) is 14.2 Å². The van der Waals surface area contributed by atoms with E-state index >= 15 is 0 Å². The monoisotopic (exact) mass is 412 g/mol. The molecule has 2 rings (SSSR count). The SMILES string of the molecule is CCOC(=O)COc1ccccc1C=NNC(=O)COc1cc(C(C)C)ccc1C. The second kappa shape index (κ2) is 11.6. The number of hydrogen-bond donors (Lipinski definition) is 1. The number of amides is 1. The predicted molar refractivity (Wildman–Crippen MR) is 115 cm³/mol. The molecule has 0 heterocycles. The van der Waals surface area contributed by atoms with Crippen LogP contribution in [0.3, 0.4) is 0 Å². The molecule has 30 heavy (non-hydrogen) atoms. The lowest BCUT2D eigenvalue weighted by Gasteiger charge is -2.12. The molecule has 1 amide bonds. The Balaban J connectivity index is 1.89. The lowest BCUT2D eigenvalue weighted by atomic mass is 10.0. The first-order chi connectivity index (χ1) is 14.4. The quantitative estimate of drug-likeness (QED) is 0.366. The van der Waals surface area contributed by atoms with Crippen molar-refractivity contribution in [1.82, 2.24) is 5.43 Å². The van der Waals surface area contributed by atoms with E-state index in [0.717, 1.165) is 11.1 Å². The van der Waals surface area contributed by atoms with Gasteiger partial charge in [0.05, 0.1) is 12.8 Å². The van der Waals surface area contributed by atoms with Gasteiger partial charge in [-0.2, -0.15) is 5.10 Å². The summed E-state index contributed by atoms with van der Waals surface area (Å²) in [7, 11) is 0. The van der Waals surface area contributed by atoms with Gasteiger partial charge in [0.1, 0.15) is 11.5 Å². The fraction of sp³-hybridized carbons (Fsp3) is 0.348. The number of aryl methyl sites for hydroxylation is 1. The third kappa shape index (κ3) is 7.24. The number of nitrogens with one attached hydrogen (secondary N) is 1. The molecule has 160 valence electrons. The van der Waals surface area contributed by atoms with Gasteiger partial charge in [-0.15, -0.1) is 0 Å². The molecule has 0 saturated carbocycles. The summed E-state index contributed by atoms with van der Waals surface area (Å²) in [6, 6.07) is 13.0. The summed E-state index contributed by atoms with van der Waals surface area (Å²) in [6.45, 7) is 7.80. The van der Waals surface area contributed by atoms with Gasteiger partial charge in [0.2, 0.25) is 0 Å². The van der Waals surface area contributed by atoms with E-state index in [2.05, 4.69) is 30.4 Å². The zero-order valence-corrected chi connectivity index (χ0v) is 17.8. The number of hydrazone groups is 1. The van der Waals surface area contributed by atoms with E-state index in [9.17, 15) is 9.59 Å². The number of benzene rings is 2. The molecular formula is C23H28N2O5. The third-order valence-electron chi connectivity index (χ3n) is 4.20. The minimum Gasteiger partial charge on any atom is -0.483 e. The minimum atomic E-state index is -0.452. The molecule has 0 aliphatic carbocycles. The number of carbonyl (C=O) groups excluding carboxylic acids is 2. The Hall–Kier alpha value is -3.35. The molecule has 0 aliphatic heterocycles. The van der Waals surface area contributed by atoms with E-state index in [1.165, 1.54) is 6.21 Å². The van der Waals surface area contributed by atoms with Crippen molar-refractivity contribution >= 4 is 18.1 Å². The van der Waals surface area contributed by atoms with Crippen LogP contribution in [-0.2, 0) is 14.3 Å². The van der Waals surface area contributed by atoms with E-state index in [1.807, 2.05) is 19.1 Å². The molecule has 2 aromatic rings. The summed E-state index contributed by atoms with van der Waals surface area (Å²) in [5.74, 6) is 0.675. The maximum atomic E-state index is 12.1. The summed E-state index contributed by atoms with van der Waals surface area (Å²) in [6.07, 6.45) is 1.45. The number of ether oxygens (including phenoxy) is 3. The maximum absolute atomic E-state index is 12.1. The fourth-order valence-corrected chi connectivity index (χ4v) is 2.54. The number of rotatable bonds is 10. The molecule has 0 fully saturated rings. The van der Waals surface area contributed by atoms with Crippen molar-refractivity contribution in [3.8, 4) is 11.5 Å². The molecule has 0 bridgehead atoms. The van der Waals surface area contributed by atoms with Crippen molar-refractivity contribution in [1.29, 1.82) is 0 Å². The van der Waals surface area contributed by atoms with Crippen molar-refractivity contribution in [3.05, 3.63) is 59.2 Å². The Morgan fingerprint density at radius 1 is 1.07 bits per heavy atom. The van der Waals surface area contributed by atoms with E-state index < -0.39 is 5.97 Å². The van der Waals surface area contributed by atoms with Gasteiger partial charge in [0, 0.05) is 5.56 Å². The highest BCUT2D eigenvalue weighted by Gasteiger charge is 2.08. The molecule has 0 unspecified atom stereocenters. The first-order valence-corrected chi connectivity index (χ1v) is 9.83. The molecule has 0 atom stereocenters. The summed E-state index contributed by atoms with van der Waals surface area (Å²) >= 11 is 0. The van der Waals surface area contributed by atoms with Crippen LogP contribution in [-0.4, -0.2) is 37.9 Å². The van der Waals surface area contributed by atoms with Crippen LogP contribution in [0.4, 0.5) is 0 Å². The third-order valence-corrected chi connectivity index (χ3v) is 4.20. The van der Waals surface area contributed by atoms with Crippen molar-refractivity contribution in [2.24, 2.45) is 5.10 Å². The van der Waals surface area contributed by atoms with E-state index in [1.54, 1.807) is 31.2 Å². The Labute approximate surface area is 177 Å². The molecule has 0 aliphatic rings. The predicted octanol–water partition coefficient (Wildman–Crippen LogP) is 3.59. The highest BCUT2D eigenvalue weighted by atomic mass is 16.6. The van der Waals surface area contributed by atoms with Crippen molar-refractivity contribution in [2.45, 2.75) is 33.6 Å². The van der Waals surface area contributed by atoms with Crippen LogP contribution in [0.5, 0.6) is 11.5 Å². The summed E-state index contributed by atoms with van der Waals surface area (Å²) < 4.78 is 15.9. The van der Waals surface area contributed by atoms with Gasteiger partial charge in [0.15, 0.2) is 13.2 Å². The molecule has 7 nitrogen and oxygen atoms in total. The minimum absolute atomic E-state index is 0.152. The van der Waals surface area contributed by atoms with Crippen molar-refractivity contribution < 1.29 is 23.8 Å². The molecule has 0 radical (unpaired) electrons. The molecule has 0 spiro atoms. The lowest BCUT2D eigenvalue weighted by Crippen LogP contribution is -2.24. The standard InChI is InChI=1S/C23H28N2O5/c1-5-28-23(27)15-30-20-9-7-6-8-19(20)13-24-25-22(26)14-29-21-12-18(16(2)3)11-10-17(21)4/h6-13,16H,5,14-15H2,1-4H3,(H,25,26). The Morgan fingerprint density at radius 2 is 1.80 bits per heavy atom. The largest absolute Gasteiger partial charge is 0.483 e. The van der Waals surface area contributed by atoms with E-state index in [0.29, 0.717) is 29.6 Å². The molecular weight excluding hydrogens is 384 g/mol. The van der Waals surface area contributed by atoms with Crippen molar-refractivity contribution in [2.75, 3.05) is 19.8 Å². The number of nitrogens with zero attached hydrogens (tertiary/aromatic N) is 1. The van der Waals surface area contributed by atoms with Crippen LogP contribution in [0.1, 0.15) is 43.4 Å². The fourth-order valence-electron chi connectivity index (χ4n) is 2.54. The van der Waals surface area contributed by atoms with Gasteiger partial charge >= 0.3 is 5.97 Å². The zero-order valence-electron chi connectivity index (χ0n) is 17.8. The molecule has 7 heteroatoms. The van der Waals surface area contributed by atoms with Gasteiger partial charge in [-0.3, -0.25) is 4.79 Å². The average Bonchev–Trinajstić information content (AvgIpc) is 2.72. The first-order valence-electron chi connectivity index (χ1n) is 9.83. The number of hydrogen-bond acceptors (Lipinski definition) is 6. The summed E-state index contributed by atoms with van der Waals surface area (Å²) in [4.78, 5) is 23.5. The van der Waals surface area contributed by atoms with Gasteiger partial charge in [0.25, 0.3) is 5.91 Å². The highest BCUT2D eigenvalue weighted by Crippen LogP contribution is 2.24. The molecule has 2 aromatic carbocycles. The van der Waals surface area contributed by atoms with Crippen LogP contribution in [0, 0.1) is 6.92 Å². The van der Waals surface area contributed by atoms with E-state index in [-0.39, 0.29) is 19.1 Å². The van der Waals surface area contributed by atoms with Gasteiger partial charge in [-0.05, 0) is 49.1 Å². The van der Waals surface area contributed by atoms with Crippen molar-refractivity contribution in [3.63, 3.8) is 0 Å². The molecule has 0 aromatic heterocycles. The number of esters is 1. The molecule has 0 saturated heterocycles. The van der Waals surface area contributed by atoms with Gasteiger partial charge < -0.3 is 14.2 Å². The maximum Gasteiger partial charge on any atom is 0.344 e. The summed E-state index contributed by atoms with van der Waals surface area (Å²) in [5, 5.41) is 3.95. The summed E-state index contributed by atoms with van der Waals surface area (Å²) in [5.41, 5.74) is 5.15. The number of carbonyl (C=O) groups is 2. The number of para-hydroxylation sites is 1. The highest BCUT2D eigenvalue weighted by molar-refractivity contribution is 5.85. The van der Waals surface area contributed by atoms with Crippen LogP contribution in [0.25, 0.3) is 0 Å². The Morgan fingerprint density at radius 3 is 2.53 bits per heavy atom. The van der Waals surface area contributed by atoms with Crippen LogP contribution in [0.2, 0.25) is 0 Å². The zero-order chi connectivity index (χ0) is 21.9. The first kappa shape index (κ1) is 22.9. The lowest BCUT2D eigenvalue weighted by molar-refractivity contribution is -0.145. The normalized spacial score (nSPS) is 10.8. The Kier molecular flexibility index (Phi) is 8.87. The Bertz CT molecular complexity index is 893. The average molecular weight is 412 g/mol. The van der Waals surface area contributed by atoms with Crippen LogP contribution < -0.4 is 14.9 Å². The topological polar surface area (TPSA) is 86.2 Å². The second-order valence-corrected chi connectivity index (χ2v) is 6.89.